The van der Waals surface area contributed by atoms with Crippen molar-refractivity contribution in [3.8, 4) is 0 Å². The van der Waals surface area contributed by atoms with Crippen molar-refractivity contribution in [3.63, 3.8) is 0 Å². The van der Waals surface area contributed by atoms with Gasteiger partial charge in [-0.15, -0.1) is 0 Å². The second-order valence-electron chi connectivity index (χ2n) is 4.28. The minimum atomic E-state index is -4.44. The summed E-state index contributed by atoms with van der Waals surface area (Å²) in [6, 6.07) is 4.29. The summed E-state index contributed by atoms with van der Waals surface area (Å²) in [4.78, 5) is 10.3. The maximum absolute atomic E-state index is 12.5. The molecule has 9 heteroatoms. The van der Waals surface area contributed by atoms with E-state index in [0.29, 0.717) is 11.3 Å². The molecule has 1 aromatic carbocycles. The van der Waals surface area contributed by atoms with E-state index in [-0.39, 0.29) is 12.2 Å². The average molecular weight is 300 g/mol. The van der Waals surface area contributed by atoms with Crippen molar-refractivity contribution in [2.45, 2.75) is 12.7 Å². The SMILES string of the molecule is CNc1cc(Cn2cc(C(F)(F)F)cn2)ccc1[N+](=O)[O-]. The first kappa shape index (κ1) is 14.8. The van der Waals surface area contributed by atoms with Crippen LogP contribution < -0.4 is 5.32 Å². The number of nitrogens with one attached hydrogen (secondary N) is 1. The number of anilines is 1. The van der Waals surface area contributed by atoms with Crippen molar-refractivity contribution in [1.82, 2.24) is 9.78 Å². The molecule has 112 valence electrons. The van der Waals surface area contributed by atoms with Gasteiger partial charge in [-0.1, -0.05) is 6.07 Å². The number of nitro groups is 1. The predicted molar refractivity (Wildman–Crippen MR) is 69.0 cm³/mol. The van der Waals surface area contributed by atoms with Crippen molar-refractivity contribution in [1.29, 1.82) is 0 Å². The Bertz CT molecular complexity index is 667. The molecule has 1 heterocycles. The number of hydrogen-bond acceptors (Lipinski definition) is 4. The number of alkyl halides is 3. The van der Waals surface area contributed by atoms with Gasteiger partial charge in [0.25, 0.3) is 5.69 Å². The summed E-state index contributed by atoms with van der Waals surface area (Å²) < 4.78 is 38.5. The van der Waals surface area contributed by atoms with E-state index in [1.165, 1.54) is 25.2 Å². The van der Waals surface area contributed by atoms with Crippen molar-refractivity contribution in [2.24, 2.45) is 0 Å². The summed E-state index contributed by atoms with van der Waals surface area (Å²) in [6.07, 6.45) is -2.81. The van der Waals surface area contributed by atoms with Gasteiger partial charge < -0.3 is 5.32 Å². The molecule has 0 bridgehead atoms. The van der Waals surface area contributed by atoms with Gasteiger partial charge in [-0.25, -0.2) is 0 Å². The van der Waals surface area contributed by atoms with Gasteiger partial charge in [0.05, 0.1) is 23.2 Å². The van der Waals surface area contributed by atoms with Crippen LogP contribution in [0.4, 0.5) is 24.5 Å². The summed E-state index contributed by atoms with van der Waals surface area (Å²) >= 11 is 0. The number of rotatable bonds is 4. The number of halogens is 3. The van der Waals surface area contributed by atoms with Crippen LogP contribution in [0.15, 0.2) is 30.6 Å². The quantitative estimate of drug-likeness (QED) is 0.696. The van der Waals surface area contributed by atoms with Crippen LogP contribution in [0.2, 0.25) is 0 Å². The Morgan fingerprint density at radius 3 is 2.67 bits per heavy atom. The third kappa shape index (κ3) is 3.30. The summed E-state index contributed by atoms with van der Waals surface area (Å²) in [6.45, 7) is 0.0861. The summed E-state index contributed by atoms with van der Waals surface area (Å²) in [7, 11) is 1.53. The molecule has 0 spiro atoms. The van der Waals surface area contributed by atoms with Gasteiger partial charge in [0.1, 0.15) is 5.69 Å². The van der Waals surface area contributed by atoms with E-state index in [0.717, 1.165) is 17.1 Å². The summed E-state index contributed by atoms with van der Waals surface area (Å²) in [5.74, 6) is 0. The van der Waals surface area contributed by atoms with E-state index in [9.17, 15) is 23.3 Å². The Labute approximate surface area is 117 Å². The molecule has 2 aromatic rings. The molecular weight excluding hydrogens is 289 g/mol. The third-order valence-corrected chi connectivity index (χ3v) is 2.83. The lowest BCUT2D eigenvalue weighted by Gasteiger charge is -2.06. The second-order valence-corrected chi connectivity index (χ2v) is 4.28. The van der Waals surface area contributed by atoms with Crippen LogP contribution in [0, 0.1) is 10.1 Å². The molecule has 0 fully saturated rings. The van der Waals surface area contributed by atoms with Gasteiger partial charge in [0.2, 0.25) is 0 Å². The molecule has 1 N–H and O–H groups in total. The van der Waals surface area contributed by atoms with Gasteiger partial charge >= 0.3 is 6.18 Å². The van der Waals surface area contributed by atoms with Crippen LogP contribution in [0.5, 0.6) is 0 Å². The molecule has 6 nitrogen and oxygen atoms in total. The maximum Gasteiger partial charge on any atom is 0.419 e. The Balaban J connectivity index is 2.24. The van der Waals surface area contributed by atoms with Crippen molar-refractivity contribution >= 4 is 11.4 Å². The molecule has 0 saturated heterocycles. The van der Waals surface area contributed by atoms with E-state index in [2.05, 4.69) is 10.4 Å². The number of nitro benzene ring substituents is 1. The zero-order valence-corrected chi connectivity index (χ0v) is 10.9. The number of benzene rings is 1. The molecule has 0 aliphatic carbocycles. The Morgan fingerprint density at radius 1 is 1.43 bits per heavy atom. The highest BCUT2D eigenvalue weighted by atomic mass is 19.4. The van der Waals surface area contributed by atoms with Crippen LogP contribution in [0.1, 0.15) is 11.1 Å². The first-order valence-corrected chi connectivity index (χ1v) is 5.86. The minimum Gasteiger partial charge on any atom is -0.383 e. The minimum absolute atomic E-state index is 0.0861. The van der Waals surface area contributed by atoms with Gasteiger partial charge in [0.15, 0.2) is 0 Å². The fourth-order valence-corrected chi connectivity index (χ4v) is 1.82. The van der Waals surface area contributed by atoms with E-state index in [1.54, 1.807) is 0 Å². The molecule has 0 atom stereocenters. The molecule has 1 aromatic heterocycles. The first-order chi connectivity index (χ1) is 9.81. The fourth-order valence-electron chi connectivity index (χ4n) is 1.82. The predicted octanol–water partition coefficient (Wildman–Crippen LogP) is 2.90. The molecule has 2 rings (SSSR count). The molecule has 0 amide bonds. The van der Waals surface area contributed by atoms with Crippen LogP contribution in [0.3, 0.4) is 0 Å². The fraction of sp³-hybridized carbons (Fsp3) is 0.250. The summed E-state index contributed by atoms with van der Waals surface area (Å²) in [5, 5.41) is 17.1. The molecule has 0 aliphatic rings. The van der Waals surface area contributed by atoms with E-state index >= 15 is 0 Å². The summed E-state index contributed by atoms with van der Waals surface area (Å²) in [5.41, 5.74) is -0.0431. The average Bonchev–Trinajstić information content (AvgIpc) is 2.86. The lowest BCUT2D eigenvalue weighted by molar-refractivity contribution is -0.384. The first-order valence-electron chi connectivity index (χ1n) is 5.86. The van der Waals surface area contributed by atoms with E-state index in [1.807, 2.05) is 0 Å². The van der Waals surface area contributed by atoms with Gasteiger partial charge in [0, 0.05) is 19.3 Å². The Morgan fingerprint density at radius 2 is 2.14 bits per heavy atom. The molecule has 0 unspecified atom stereocenters. The van der Waals surface area contributed by atoms with Crippen LogP contribution in [-0.2, 0) is 12.7 Å². The van der Waals surface area contributed by atoms with Crippen molar-refractivity contribution in [3.05, 3.63) is 51.8 Å². The zero-order chi connectivity index (χ0) is 15.6. The standard InChI is InChI=1S/C12H11F3N4O2/c1-16-10-4-8(2-3-11(10)19(20)21)6-18-7-9(5-17-18)12(13,14)15/h2-5,7,16H,6H2,1H3. The van der Waals surface area contributed by atoms with Crippen LogP contribution in [0.25, 0.3) is 0 Å². The van der Waals surface area contributed by atoms with Crippen molar-refractivity contribution < 1.29 is 18.1 Å². The lowest BCUT2D eigenvalue weighted by atomic mass is 10.1. The van der Waals surface area contributed by atoms with Crippen LogP contribution in [-0.4, -0.2) is 21.8 Å². The molecule has 21 heavy (non-hydrogen) atoms. The second kappa shape index (κ2) is 5.43. The Kier molecular flexibility index (Phi) is 3.83. The lowest BCUT2D eigenvalue weighted by Crippen LogP contribution is -2.04. The van der Waals surface area contributed by atoms with Gasteiger partial charge in [-0.2, -0.15) is 18.3 Å². The smallest absolute Gasteiger partial charge is 0.383 e. The van der Waals surface area contributed by atoms with Crippen molar-refractivity contribution in [2.75, 3.05) is 12.4 Å². The number of aromatic nitrogens is 2. The maximum atomic E-state index is 12.5. The highest BCUT2D eigenvalue weighted by Crippen LogP contribution is 2.29. The normalized spacial score (nSPS) is 11.4. The number of nitrogens with zero attached hydrogens (tertiary/aromatic N) is 3. The molecule has 0 aliphatic heterocycles. The topological polar surface area (TPSA) is 73.0 Å². The highest BCUT2D eigenvalue weighted by molar-refractivity contribution is 5.62. The Hall–Kier alpha value is -2.58. The van der Waals surface area contributed by atoms with Gasteiger partial charge in [-0.3, -0.25) is 14.8 Å². The van der Waals surface area contributed by atoms with Gasteiger partial charge in [-0.05, 0) is 11.6 Å². The number of hydrogen-bond donors (Lipinski definition) is 1. The molecule has 0 radical (unpaired) electrons. The van der Waals surface area contributed by atoms with E-state index < -0.39 is 16.7 Å². The highest BCUT2D eigenvalue weighted by Gasteiger charge is 2.32. The largest absolute Gasteiger partial charge is 0.419 e. The third-order valence-electron chi connectivity index (χ3n) is 2.83. The van der Waals surface area contributed by atoms with Crippen LogP contribution >= 0.6 is 0 Å². The molecule has 0 saturated carbocycles. The molecular formula is C12H11F3N4O2. The van der Waals surface area contributed by atoms with E-state index in [4.69, 9.17) is 0 Å². The monoisotopic (exact) mass is 300 g/mol. The zero-order valence-electron chi connectivity index (χ0n) is 10.9.